The summed E-state index contributed by atoms with van der Waals surface area (Å²) in [7, 11) is 3.19. The highest BCUT2D eigenvalue weighted by molar-refractivity contribution is 5.76. The molecule has 0 aliphatic rings. The van der Waals surface area contributed by atoms with Gasteiger partial charge >= 0.3 is 0 Å². The molecule has 0 N–H and O–H groups in total. The molecule has 0 bridgehead atoms. The molecule has 0 saturated heterocycles. The number of ether oxygens (including phenoxy) is 3. The molecule has 196 valence electrons. The number of para-hydroxylation sites is 1. The van der Waals surface area contributed by atoms with E-state index in [4.69, 9.17) is 14.2 Å². The minimum Gasteiger partial charge on any atom is -0.496 e. The number of hydrogen-bond donors (Lipinski definition) is 0. The molecule has 1 aromatic heterocycles. The molecule has 38 heavy (non-hydrogen) atoms. The quantitative estimate of drug-likeness (QED) is 0.233. The molecule has 4 rings (SSSR count). The second kappa shape index (κ2) is 13.2. The van der Waals surface area contributed by atoms with Gasteiger partial charge in [0, 0.05) is 37.5 Å². The number of rotatable bonds is 12. The maximum absolute atomic E-state index is 14.1. The Kier molecular flexibility index (Phi) is 9.29. The Hall–Kier alpha value is -4.39. The van der Waals surface area contributed by atoms with E-state index in [1.165, 1.54) is 6.07 Å². The first-order valence-electron chi connectivity index (χ1n) is 12.4. The maximum Gasteiger partial charge on any atom is 0.223 e. The fourth-order valence-electron chi connectivity index (χ4n) is 4.17. The van der Waals surface area contributed by atoms with Crippen molar-refractivity contribution in [3.63, 3.8) is 0 Å². The summed E-state index contributed by atoms with van der Waals surface area (Å²) in [5.41, 5.74) is 3.29. The van der Waals surface area contributed by atoms with Crippen LogP contribution in [-0.2, 0) is 30.9 Å². The van der Waals surface area contributed by atoms with Crippen LogP contribution in [-0.4, -0.2) is 30.0 Å². The maximum atomic E-state index is 14.1. The van der Waals surface area contributed by atoms with Crippen molar-refractivity contribution < 1.29 is 23.4 Å². The third-order valence-corrected chi connectivity index (χ3v) is 6.22. The van der Waals surface area contributed by atoms with Crippen LogP contribution in [0.4, 0.5) is 4.39 Å². The van der Waals surface area contributed by atoms with Crippen LogP contribution in [0.15, 0.2) is 91.3 Å². The predicted octanol–water partition coefficient (Wildman–Crippen LogP) is 5.98. The molecular formula is C31H31FN2O4. The average molecular weight is 515 g/mol. The largest absolute Gasteiger partial charge is 0.496 e. The van der Waals surface area contributed by atoms with Crippen LogP contribution in [0.3, 0.4) is 0 Å². The molecule has 0 radical (unpaired) electrons. The highest BCUT2D eigenvalue weighted by Gasteiger charge is 2.17. The van der Waals surface area contributed by atoms with Crippen molar-refractivity contribution in [2.45, 2.75) is 32.5 Å². The zero-order valence-corrected chi connectivity index (χ0v) is 21.6. The number of amides is 1. The molecule has 3 aromatic carbocycles. The van der Waals surface area contributed by atoms with Crippen LogP contribution >= 0.6 is 0 Å². The number of carbonyl (C=O) groups is 1. The predicted molar refractivity (Wildman–Crippen MR) is 144 cm³/mol. The molecule has 1 heterocycles. The normalized spacial score (nSPS) is 10.6. The van der Waals surface area contributed by atoms with Crippen molar-refractivity contribution in [2.75, 3.05) is 14.2 Å². The summed E-state index contributed by atoms with van der Waals surface area (Å²) < 4.78 is 30.9. The van der Waals surface area contributed by atoms with Gasteiger partial charge in [-0.25, -0.2) is 4.39 Å². The van der Waals surface area contributed by atoms with Gasteiger partial charge in [-0.15, -0.1) is 0 Å². The van der Waals surface area contributed by atoms with Crippen molar-refractivity contribution >= 4 is 5.91 Å². The fourth-order valence-corrected chi connectivity index (χ4v) is 4.17. The first-order chi connectivity index (χ1) is 18.6. The van der Waals surface area contributed by atoms with Gasteiger partial charge in [0.05, 0.1) is 14.2 Å². The molecule has 0 saturated carbocycles. The third-order valence-electron chi connectivity index (χ3n) is 6.22. The van der Waals surface area contributed by atoms with Crippen molar-refractivity contribution in [1.82, 2.24) is 9.88 Å². The van der Waals surface area contributed by atoms with Gasteiger partial charge in [-0.3, -0.25) is 9.78 Å². The van der Waals surface area contributed by atoms with E-state index in [0.717, 1.165) is 22.4 Å². The summed E-state index contributed by atoms with van der Waals surface area (Å²) in [5.74, 6) is 1.48. The van der Waals surface area contributed by atoms with E-state index in [1.54, 1.807) is 50.9 Å². The van der Waals surface area contributed by atoms with Crippen LogP contribution in [0.5, 0.6) is 17.2 Å². The van der Waals surface area contributed by atoms with Gasteiger partial charge in [0.15, 0.2) is 11.5 Å². The van der Waals surface area contributed by atoms with Crippen LogP contribution in [0.25, 0.3) is 0 Å². The standard InChI is InChI=1S/C31H31FN2O4/c1-36-28-10-6-4-7-25(28)12-14-31(35)34(20-23-15-17-33-18-16-23)21-24-11-13-29(37-2)30(19-24)38-22-26-8-3-5-9-27(26)32/h3-11,13,15-19H,12,14,20-22H2,1-2H3. The van der Waals surface area contributed by atoms with Crippen LogP contribution in [0.2, 0.25) is 0 Å². The summed E-state index contributed by atoms with van der Waals surface area (Å²) in [4.78, 5) is 19.4. The molecule has 0 fully saturated rings. The van der Waals surface area contributed by atoms with Crippen molar-refractivity contribution in [3.05, 3.63) is 119 Å². The van der Waals surface area contributed by atoms with E-state index in [9.17, 15) is 9.18 Å². The highest BCUT2D eigenvalue weighted by atomic mass is 19.1. The SMILES string of the molecule is COc1ccccc1CCC(=O)N(Cc1ccncc1)Cc1ccc(OC)c(OCc2ccccc2F)c1. The Bertz CT molecular complexity index is 1350. The monoisotopic (exact) mass is 514 g/mol. The van der Waals surface area contributed by atoms with E-state index >= 15 is 0 Å². The third kappa shape index (κ3) is 7.09. The first kappa shape index (κ1) is 26.7. The summed E-state index contributed by atoms with van der Waals surface area (Å²) in [5, 5.41) is 0. The van der Waals surface area contributed by atoms with E-state index in [2.05, 4.69) is 4.98 Å². The number of benzene rings is 3. The van der Waals surface area contributed by atoms with Gasteiger partial charge in [0.25, 0.3) is 0 Å². The van der Waals surface area contributed by atoms with E-state index < -0.39 is 0 Å². The van der Waals surface area contributed by atoms with Crippen molar-refractivity contribution in [2.24, 2.45) is 0 Å². The molecule has 1 amide bonds. The second-order valence-electron chi connectivity index (χ2n) is 8.78. The Balaban J connectivity index is 1.52. The van der Waals surface area contributed by atoms with Crippen LogP contribution < -0.4 is 14.2 Å². The number of aryl methyl sites for hydroxylation is 1. The first-order valence-corrected chi connectivity index (χ1v) is 12.4. The van der Waals surface area contributed by atoms with Crippen LogP contribution in [0, 0.1) is 5.82 Å². The van der Waals surface area contributed by atoms with Gasteiger partial charge in [0.2, 0.25) is 5.91 Å². The number of methoxy groups -OCH3 is 2. The minimum absolute atomic E-state index is 0.0114. The molecule has 6 nitrogen and oxygen atoms in total. The van der Waals surface area contributed by atoms with Crippen molar-refractivity contribution in [1.29, 1.82) is 0 Å². The fraction of sp³-hybridized carbons (Fsp3) is 0.226. The number of hydrogen-bond acceptors (Lipinski definition) is 5. The number of nitrogens with zero attached hydrogens (tertiary/aromatic N) is 2. The summed E-state index contributed by atoms with van der Waals surface area (Å²) in [6, 6.07) is 23.6. The number of pyridine rings is 1. The topological polar surface area (TPSA) is 60.9 Å². The molecule has 7 heteroatoms. The van der Waals surface area contributed by atoms with Gasteiger partial charge in [-0.2, -0.15) is 0 Å². The number of carbonyl (C=O) groups excluding carboxylic acids is 1. The Morgan fingerprint density at radius 3 is 2.21 bits per heavy atom. The Morgan fingerprint density at radius 1 is 0.789 bits per heavy atom. The highest BCUT2D eigenvalue weighted by Crippen LogP contribution is 2.30. The summed E-state index contributed by atoms with van der Waals surface area (Å²) in [6.07, 6.45) is 4.33. The van der Waals surface area contributed by atoms with Gasteiger partial charge in [-0.1, -0.05) is 42.5 Å². The van der Waals surface area contributed by atoms with Crippen molar-refractivity contribution in [3.8, 4) is 17.2 Å². The lowest BCUT2D eigenvalue weighted by Gasteiger charge is -2.24. The molecule has 0 spiro atoms. The summed E-state index contributed by atoms with van der Waals surface area (Å²) >= 11 is 0. The molecular weight excluding hydrogens is 483 g/mol. The molecule has 0 aliphatic heterocycles. The zero-order valence-electron chi connectivity index (χ0n) is 21.6. The lowest BCUT2D eigenvalue weighted by molar-refractivity contribution is -0.132. The number of aromatic nitrogens is 1. The molecule has 0 atom stereocenters. The van der Waals surface area contributed by atoms with Gasteiger partial charge < -0.3 is 19.1 Å². The average Bonchev–Trinajstić information content (AvgIpc) is 2.96. The second-order valence-corrected chi connectivity index (χ2v) is 8.78. The minimum atomic E-state index is -0.327. The van der Waals surface area contributed by atoms with Gasteiger partial charge in [-0.05, 0) is 59.5 Å². The molecule has 0 aliphatic carbocycles. The van der Waals surface area contributed by atoms with E-state index in [1.807, 2.05) is 53.4 Å². The van der Waals surface area contributed by atoms with Gasteiger partial charge in [0.1, 0.15) is 18.2 Å². The van der Waals surface area contributed by atoms with Crippen LogP contribution in [0.1, 0.15) is 28.7 Å². The summed E-state index contributed by atoms with van der Waals surface area (Å²) in [6.45, 7) is 0.864. The smallest absolute Gasteiger partial charge is 0.223 e. The number of halogens is 1. The lowest BCUT2D eigenvalue weighted by atomic mass is 10.1. The van der Waals surface area contributed by atoms with E-state index in [0.29, 0.717) is 43.0 Å². The Labute approximate surface area is 222 Å². The van der Waals surface area contributed by atoms with E-state index in [-0.39, 0.29) is 18.3 Å². The molecule has 0 unspecified atom stereocenters. The Morgan fingerprint density at radius 2 is 1.47 bits per heavy atom. The molecule has 4 aromatic rings. The lowest BCUT2D eigenvalue weighted by Crippen LogP contribution is -2.30. The zero-order chi connectivity index (χ0) is 26.7.